The van der Waals surface area contributed by atoms with Crippen molar-refractivity contribution in [1.29, 1.82) is 0 Å². The Bertz CT molecular complexity index is 690. The molecule has 1 aliphatic rings. The van der Waals surface area contributed by atoms with Crippen LogP contribution < -0.4 is 5.32 Å². The van der Waals surface area contributed by atoms with E-state index in [-0.39, 0.29) is 30.1 Å². The highest BCUT2D eigenvalue weighted by Gasteiger charge is 2.26. The van der Waals surface area contributed by atoms with Crippen LogP contribution in [-0.2, 0) is 9.59 Å². The molecule has 2 amide bonds. The van der Waals surface area contributed by atoms with Crippen LogP contribution in [0.1, 0.15) is 49.9 Å². The lowest BCUT2D eigenvalue weighted by Gasteiger charge is -2.33. The number of rotatable bonds is 6. The number of carbonyl (C=O) groups is 3. The van der Waals surface area contributed by atoms with Gasteiger partial charge in [0.1, 0.15) is 0 Å². The summed E-state index contributed by atoms with van der Waals surface area (Å²) < 4.78 is 0. The zero-order valence-corrected chi connectivity index (χ0v) is 15.9. The Morgan fingerprint density at radius 1 is 1.35 bits per heavy atom. The SMILES string of the molecule is CC(C)C(=O)Nc1ccc(Cl)c(C(=O)N2CCCC(CCC(=O)O)C2)c1. The summed E-state index contributed by atoms with van der Waals surface area (Å²) in [4.78, 5) is 37.2. The third-order valence-electron chi connectivity index (χ3n) is 4.56. The predicted octanol–water partition coefficient (Wildman–Crippen LogP) is 3.65. The highest BCUT2D eigenvalue weighted by atomic mass is 35.5. The van der Waals surface area contributed by atoms with E-state index >= 15 is 0 Å². The normalized spacial score (nSPS) is 17.2. The molecular weight excluding hydrogens is 356 g/mol. The van der Waals surface area contributed by atoms with E-state index in [1.165, 1.54) is 0 Å². The summed E-state index contributed by atoms with van der Waals surface area (Å²) in [6.45, 7) is 4.75. The minimum Gasteiger partial charge on any atom is -0.481 e. The number of benzene rings is 1. The molecule has 2 N–H and O–H groups in total. The van der Waals surface area contributed by atoms with Gasteiger partial charge in [-0.3, -0.25) is 14.4 Å². The number of carboxylic acid groups (broad SMARTS) is 1. The molecule has 1 aliphatic heterocycles. The molecule has 1 saturated heterocycles. The summed E-state index contributed by atoms with van der Waals surface area (Å²) in [5, 5.41) is 12.0. The van der Waals surface area contributed by atoms with Gasteiger partial charge in [-0.15, -0.1) is 0 Å². The summed E-state index contributed by atoms with van der Waals surface area (Å²) in [6.07, 6.45) is 2.45. The summed E-state index contributed by atoms with van der Waals surface area (Å²) >= 11 is 6.21. The number of nitrogens with one attached hydrogen (secondary N) is 1. The van der Waals surface area contributed by atoms with Crippen LogP contribution in [0, 0.1) is 11.8 Å². The number of hydrogen-bond donors (Lipinski definition) is 2. The maximum absolute atomic E-state index is 12.9. The van der Waals surface area contributed by atoms with Gasteiger partial charge < -0.3 is 15.3 Å². The van der Waals surface area contributed by atoms with E-state index in [1.807, 2.05) is 0 Å². The summed E-state index contributed by atoms with van der Waals surface area (Å²) in [5.41, 5.74) is 0.892. The van der Waals surface area contributed by atoms with Gasteiger partial charge in [0.2, 0.25) is 5.91 Å². The highest BCUT2D eigenvalue weighted by Crippen LogP contribution is 2.26. The summed E-state index contributed by atoms with van der Waals surface area (Å²) in [6, 6.07) is 4.88. The Kier molecular flexibility index (Phi) is 7.03. The van der Waals surface area contributed by atoms with Crippen molar-refractivity contribution >= 4 is 35.1 Å². The lowest BCUT2D eigenvalue weighted by molar-refractivity contribution is -0.137. The average Bonchev–Trinajstić information content (AvgIpc) is 2.61. The van der Waals surface area contributed by atoms with E-state index in [0.717, 1.165) is 12.8 Å². The van der Waals surface area contributed by atoms with Crippen LogP contribution in [-0.4, -0.2) is 40.9 Å². The van der Waals surface area contributed by atoms with Crippen LogP contribution >= 0.6 is 11.6 Å². The van der Waals surface area contributed by atoms with Crippen LogP contribution in [0.3, 0.4) is 0 Å². The van der Waals surface area contributed by atoms with E-state index < -0.39 is 5.97 Å². The number of hydrogen-bond acceptors (Lipinski definition) is 3. The van der Waals surface area contributed by atoms with Gasteiger partial charge in [-0.1, -0.05) is 25.4 Å². The number of piperidine rings is 1. The summed E-state index contributed by atoms with van der Waals surface area (Å²) in [7, 11) is 0. The van der Waals surface area contributed by atoms with Crippen molar-refractivity contribution in [1.82, 2.24) is 4.90 Å². The zero-order valence-electron chi connectivity index (χ0n) is 15.1. The Labute approximate surface area is 158 Å². The molecule has 2 rings (SSSR count). The van der Waals surface area contributed by atoms with E-state index in [0.29, 0.717) is 35.8 Å². The molecule has 1 aromatic carbocycles. The topological polar surface area (TPSA) is 86.7 Å². The second-order valence-electron chi connectivity index (χ2n) is 7.03. The Hall–Kier alpha value is -2.08. The molecule has 1 heterocycles. The van der Waals surface area contributed by atoms with E-state index in [9.17, 15) is 14.4 Å². The van der Waals surface area contributed by atoms with Crippen molar-refractivity contribution in [3.05, 3.63) is 28.8 Å². The minimum atomic E-state index is -0.815. The molecule has 0 radical (unpaired) electrons. The fourth-order valence-corrected chi connectivity index (χ4v) is 3.23. The number of carbonyl (C=O) groups excluding carboxylic acids is 2. The van der Waals surface area contributed by atoms with E-state index in [4.69, 9.17) is 16.7 Å². The predicted molar refractivity (Wildman–Crippen MR) is 100 cm³/mol. The summed E-state index contributed by atoms with van der Waals surface area (Å²) in [5.74, 6) is -1.11. The van der Waals surface area contributed by atoms with E-state index in [2.05, 4.69) is 5.32 Å². The molecule has 6 nitrogen and oxygen atoms in total. The quantitative estimate of drug-likeness (QED) is 0.788. The first-order chi connectivity index (χ1) is 12.3. The number of nitrogens with zero attached hydrogens (tertiary/aromatic N) is 1. The fraction of sp³-hybridized carbons (Fsp3) is 0.526. The molecule has 1 aromatic rings. The maximum atomic E-state index is 12.9. The first kappa shape index (κ1) is 20.2. The van der Waals surface area contributed by atoms with Gasteiger partial charge in [0.05, 0.1) is 10.6 Å². The molecule has 7 heteroatoms. The lowest BCUT2D eigenvalue weighted by atomic mass is 9.93. The maximum Gasteiger partial charge on any atom is 0.303 e. The number of amides is 2. The first-order valence-electron chi connectivity index (χ1n) is 8.89. The lowest BCUT2D eigenvalue weighted by Crippen LogP contribution is -2.40. The van der Waals surface area contributed by atoms with Crippen molar-refractivity contribution in [3.8, 4) is 0 Å². The Balaban J connectivity index is 2.10. The molecule has 1 unspecified atom stereocenters. The van der Waals surface area contributed by atoms with Gasteiger partial charge in [0.25, 0.3) is 5.91 Å². The average molecular weight is 381 g/mol. The molecule has 142 valence electrons. The van der Waals surface area contributed by atoms with Crippen molar-refractivity contribution < 1.29 is 19.5 Å². The highest BCUT2D eigenvalue weighted by molar-refractivity contribution is 6.34. The van der Waals surface area contributed by atoms with Crippen molar-refractivity contribution in [2.24, 2.45) is 11.8 Å². The minimum absolute atomic E-state index is 0.115. The molecule has 1 fully saturated rings. The molecule has 0 spiro atoms. The van der Waals surface area contributed by atoms with Crippen molar-refractivity contribution in [2.75, 3.05) is 18.4 Å². The fourth-order valence-electron chi connectivity index (χ4n) is 3.04. The molecule has 26 heavy (non-hydrogen) atoms. The Morgan fingerprint density at radius 3 is 2.73 bits per heavy atom. The molecule has 0 aromatic heterocycles. The van der Waals surface area contributed by atoms with Gasteiger partial charge in [0, 0.05) is 31.1 Å². The number of anilines is 1. The van der Waals surface area contributed by atoms with Crippen LogP contribution in [0.2, 0.25) is 5.02 Å². The molecular formula is C19H25ClN2O4. The standard InChI is InChI=1S/C19H25ClN2O4/c1-12(2)18(25)21-14-6-7-16(20)15(10-14)19(26)22-9-3-4-13(11-22)5-8-17(23)24/h6-7,10,12-13H,3-5,8-9,11H2,1-2H3,(H,21,25)(H,23,24). The van der Waals surface area contributed by atoms with Crippen molar-refractivity contribution in [2.45, 2.75) is 39.5 Å². The molecule has 0 saturated carbocycles. The van der Waals surface area contributed by atoms with Crippen LogP contribution in [0.25, 0.3) is 0 Å². The molecule has 0 aliphatic carbocycles. The Morgan fingerprint density at radius 2 is 2.08 bits per heavy atom. The van der Waals surface area contributed by atoms with Gasteiger partial charge in [-0.2, -0.15) is 0 Å². The second-order valence-corrected chi connectivity index (χ2v) is 7.44. The van der Waals surface area contributed by atoms with Gasteiger partial charge in [-0.05, 0) is 43.4 Å². The van der Waals surface area contributed by atoms with Gasteiger partial charge in [0.15, 0.2) is 0 Å². The van der Waals surface area contributed by atoms with Crippen LogP contribution in [0.4, 0.5) is 5.69 Å². The van der Waals surface area contributed by atoms with Gasteiger partial charge in [-0.25, -0.2) is 0 Å². The first-order valence-corrected chi connectivity index (χ1v) is 9.27. The number of aliphatic carboxylic acids is 1. The molecule has 1 atom stereocenters. The van der Waals surface area contributed by atoms with Crippen LogP contribution in [0.15, 0.2) is 18.2 Å². The van der Waals surface area contributed by atoms with E-state index in [1.54, 1.807) is 36.9 Å². The van der Waals surface area contributed by atoms with Gasteiger partial charge >= 0.3 is 5.97 Å². The second kappa shape index (κ2) is 9.03. The smallest absolute Gasteiger partial charge is 0.303 e. The number of halogens is 1. The van der Waals surface area contributed by atoms with Crippen molar-refractivity contribution in [3.63, 3.8) is 0 Å². The number of carboxylic acids is 1. The third-order valence-corrected chi connectivity index (χ3v) is 4.89. The third kappa shape index (κ3) is 5.46. The molecule has 0 bridgehead atoms. The zero-order chi connectivity index (χ0) is 19.3. The number of likely N-dealkylation sites (tertiary alicyclic amines) is 1. The monoisotopic (exact) mass is 380 g/mol. The largest absolute Gasteiger partial charge is 0.481 e. The van der Waals surface area contributed by atoms with Crippen LogP contribution in [0.5, 0.6) is 0 Å².